The molecule has 18 heavy (non-hydrogen) atoms. The topological polar surface area (TPSA) is 67.1 Å². The maximum absolute atomic E-state index is 5.50. The first kappa shape index (κ1) is 13.5. The van der Waals surface area contributed by atoms with Gasteiger partial charge in [-0.2, -0.15) is 11.8 Å². The lowest BCUT2D eigenvalue weighted by atomic mass is 10.3. The summed E-state index contributed by atoms with van der Waals surface area (Å²) in [6.45, 7) is 1.77. The average Bonchev–Trinajstić information content (AvgIpc) is 2.83. The number of thioether (sulfide) groups is 1. The molecule has 0 amide bonds. The van der Waals surface area contributed by atoms with Gasteiger partial charge >= 0.3 is 0 Å². The van der Waals surface area contributed by atoms with Crippen molar-refractivity contribution in [1.29, 1.82) is 0 Å². The van der Waals surface area contributed by atoms with Gasteiger partial charge in [0.25, 0.3) is 0 Å². The Balaban J connectivity index is 2.17. The molecule has 7 heteroatoms. The van der Waals surface area contributed by atoms with Crippen molar-refractivity contribution >= 4 is 39.1 Å². The lowest BCUT2D eigenvalue weighted by Gasteiger charge is -2.15. The van der Waals surface area contributed by atoms with Crippen LogP contribution in [0.25, 0.3) is 10.2 Å². The Labute approximate surface area is 115 Å². The van der Waals surface area contributed by atoms with Crippen molar-refractivity contribution in [2.75, 3.05) is 31.0 Å². The van der Waals surface area contributed by atoms with E-state index in [2.05, 4.69) is 33.6 Å². The van der Waals surface area contributed by atoms with Crippen LogP contribution in [0.3, 0.4) is 0 Å². The minimum Gasteiger partial charge on any atom is -0.308 e. The highest BCUT2D eigenvalue weighted by atomic mass is 32.2. The third-order valence-corrected chi connectivity index (χ3v) is 3.99. The molecule has 2 heterocycles. The molecule has 0 atom stereocenters. The van der Waals surface area contributed by atoms with Crippen LogP contribution in [0.15, 0.2) is 11.4 Å². The molecule has 3 N–H and O–H groups in total. The lowest BCUT2D eigenvalue weighted by molar-refractivity contribution is 0.340. The van der Waals surface area contributed by atoms with E-state index in [1.165, 1.54) is 0 Å². The fourth-order valence-electron chi connectivity index (χ4n) is 1.65. The monoisotopic (exact) mass is 283 g/mol. The Morgan fingerprint density at radius 2 is 2.33 bits per heavy atom. The van der Waals surface area contributed by atoms with E-state index in [0.717, 1.165) is 34.9 Å². The highest BCUT2D eigenvalue weighted by Gasteiger charge is 2.09. The molecule has 2 aromatic rings. The molecule has 98 valence electrons. The molecule has 2 rings (SSSR count). The number of fused-ring (bicyclic) bond motifs is 1. The minimum atomic E-state index is 0.703. The number of nitrogens with zero attached hydrogens (tertiary/aromatic N) is 3. The van der Waals surface area contributed by atoms with Crippen molar-refractivity contribution in [1.82, 2.24) is 14.9 Å². The van der Waals surface area contributed by atoms with Gasteiger partial charge in [0.1, 0.15) is 10.7 Å². The van der Waals surface area contributed by atoms with Crippen LogP contribution < -0.4 is 11.3 Å². The SMILES string of the molecule is CSCCN(C)Cc1nc(NN)c2ccsc2n1. The van der Waals surface area contributed by atoms with E-state index in [1.807, 2.05) is 23.2 Å². The number of nitrogens with two attached hydrogens (primary N) is 1. The zero-order valence-corrected chi connectivity index (χ0v) is 12.1. The van der Waals surface area contributed by atoms with Crippen LogP contribution in [0, 0.1) is 0 Å². The summed E-state index contributed by atoms with van der Waals surface area (Å²) in [6, 6.07) is 1.98. The summed E-state index contributed by atoms with van der Waals surface area (Å²) >= 11 is 3.45. The summed E-state index contributed by atoms with van der Waals surface area (Å²) in [5, 5.41) is 2.99. The number of hydrogen-bond donors (Lipinski definition) is 2. The summed E-state index contributed by atoms with van der Waals surface area (Å²) in [5.74, 6) is 8.12. The molecule has 0 saturated heterocycles. The number of nitrogen functional groups attached to an aromatic ring is 1. The van der Waals surface area contributed by atoms with Gasteiger partial charge < -0.3 is 5.43 Å². The third kappa shape index (κ3) is 3.11. The number of hydrogen-bond acceptors (Lipinski definition) is 7. The first-order chi connectivity index (χ1) is 8.74. The number of aromatic nitrogens is 2. The molecular weight excluding hydrogens is 266 g/mol. The van der Waals surface area contributed by atoms with E-state index in [-0.39, 0.29) is 0 Å². The number of anilines is 1. The molecule has 0 aliphatic heterocycles. The number of rotatable bonds is 6. The van der Waals surface area contributed by atoms with Gasteiger partial charge in [-0.3, -0.25) is 4.90 Å². The largest absolute Gasteiger partial charge is 0.308 e. The molecule has 0 aromatic carbocycles. The van der Waals surface area contributed by atoms with Crippen molar-refractivity contribution in [3.05, 3.63) is 17.3 Å². The van der Waals surface area contributed by atoms with E-state index >= 15 is 0 Å². The summed E-state index contributed by atoms with van der Waals surface area (Å²) in [4.78, 5) is 12.2. The van der Waals surface area contributed by atoms with Gasteiger partial charge in [0.05, 0.1) is 11.9 Å². The van der Waals surface area contributed by atoms with Crippen molar-refractivity contribution < 1.29 is 0 Å². The minimum absolute atomic E-state index is 0.703. The van der Waals surface area contributed by atoms with Gasteiger partial charge in [-0.05, 0) is 24.7 Å². The van der Waals surface area contributed by atoms with E-state index < -0.39 is 0 Å². The second kappa shape index (κ2) is 6.33. The normalized spacial score (nSPS) is 11.3. The van der Waals surface area contributed by atoms with Gasteiger partial charge in [0, 0.05) is 12.3 Å². The molecule has 2 aromatic heterocycles. The van der Waals surface area contributed by atoms with Crippen LogP contribution in [0.5, 0.6) is 0 Å². The number of hydrazine groups is 1. The zero-order valence-electron chi connectivity index (χ0n) is 10.5. The van der Waals surface area contributed by atoms with E-state index in [9.17, 15) is 0 Å². The Morgan fingerprint density at radius 3 is 3.06 bits per heavy atom. The number of nitrogens with one attached hydrogen (secondary N) is 1. The molecule has 0 bridgehead atoms. The summed E-state index contributed by atoms with van der Waals surface area (Å²) in [5.41, 5.74) is 2.65. The van der Waals surface area contributed by atoms with Crippen LogP contribution in [-0.4, -0.2) is 40.5 Å². The van der Waals surface area contributed by atoms with E-state index in [1.54, 1.807) is 11.3 Å². The number of thiophene rings is 1. The van der Waals surface area contributed by atoms with Crippen molar-refractivity contribution in [3.63, 3.8) is 0 Å². The van der Waals surface area contributed by atoms with Crippen LogP contribution >= 0.6 is 23.1 Å². The van der Waals surface area contributed by atoms with Crippen LogP contribution in [0.2, 0.25) is 0 Å². The first-order valence-electron chi connectivity index (χ1n) is 5.63. The van der Waals surface area contributed by atoms with E-state index in [4.69, 9.17) is 5.84 Å². The zero-order chi connectivity index (χ0) is 13.0. The fraction of sp³-hybridized carbons (Fsp3) is 0.455. The lowest BCUT2D eigenvalue weighted by Crippen LogP contribution is -2.22. The summed E-state index contributed by atoms with van der Waals surface area (Å²) in [6.07, 6.45) is 2.11. The van der Waals surface area contributed by atoms with Crippen molar-refractivity contribution in [2.24, 2.45) is 5.84 Å². The maximum atomic E-state index is 5.50. The van der Waals surface area contributed by atoms with Crippen molar-refractivity contribution in [2.45, 2.75) is 6.54 Å². The van der Waals surface area contributed by atoms with E-state index in [0.29, 0.717) is 5.82 Å². The Bertz CT molecular complexity index is 513. The van der Waals surface area contributed by atoms with Gasteiger partial charge in [-0.1, -0.05) is 0 Å². The quantitative estimate of drug-likeness (QED) is 0.622. The van der Waals surface area contributed by atoms with Gasteiger partial charge in [-0.15, -0.1) is 11.3 Å². The van der Waals surface area contributed by atoms with Gasteiger partial charge in [0.2, 0.25) is 0 Å². The molecule has 0 unspecified atom stereocenters. The highest BCUT2D eigenvalue weighted by Crippen LogP contribution is 2.24. The van der Waals surface area contributed by atoms with Gasteiger partial charge in [-0.25, -0.2) is 15.8 Å². The van der Waals surface area contributed by atoms with Crippen LogP contribution in [0.1, 0.15) is 5.82 Å². The molecule has 0 saturated carbocycles. The predicted octanol–water partition coefficient (Wildman–Crippen LogP) is 1.77. The second-order valence-electron chi connectivity index (χ2n) is 4.00. The third-order valence-electron chi connectivity index (χ3n) is 2.60. The molecule has 5 nitrogen and oxygen atoms in total. The molecule has 0 spiro atoms. The fourth-order valence-corrected chi connectivity index (χ4v) is 2.92. The second-order valence-corrected chi connectivity index (χ2v) is 5.88. The standard InChI is InChI=1S/C11H17N5S2/c1-16(4-6-17-2)7-9-13-10(15-12)8-3-5-18-11(8)14-9/h3,5H,4,6-7,12H2,1-2H3,(H,13,14,15). The summed E-state index contributed by atoms with van der Waals surface area (Å²) < 4.78 is 0. The Hall–Kier alpha value is -0.890. The first-order valence-corrected chi connectivity index (χ1v) is 7.90. The smallest absolute Gasteiger partial charge is 0.152 e. The molecule has 0 fully saturated rings. The van der Waals surface area contributed by atoms with Crippen LogP contribution in [-0.2, 0) is 6.54 Å². The van der Waals surface area contributed by atoms with Crippen molar-refractivity contribution in [3.8, 4) is 0 Å². The molecule has 0 radical (unpaired) electrons. The summed E-state index contributed by atoms with van der Waals surface area (Å²) in [7, 11) is 2.08. The predicted molar refractivity (Wildman–Crippen MR) is 79.9 cm³/mol. The Kier molecular flexibility index (Phi) is 4.76. The maximum Gasteiger partial charge on any atom is 0.152 e. The Morgan fingerprint density at radius 1 is 1.50 bits per heavy atom. The molecular formula is C11H17N5S2. The average molecular weight is 283 g/mol. The van der Waals surface area contributed by atoms with Crippen LogP contribution in [0.4, 0.5) is 5.82 Å². The molecule has 0 aliphatic rings. The highest BCUT2D eigenvalue weighted by molar-refractivity contribution is 7.98. The van der Waals surface area contributed by atoms with Gasteiger partial charge in [0.15, 0.2) is 5.82 Å². The molecule has 0 aliphatic carbocycles.